The molecule has 0 unspecified atom stereocenters. The third-order valence-electron chi connectivity index (χ3n) is 4.53. The quantitative estimate of drug-likeness (QED) is 0.895. The van der Waals surface area contributed by atoms with Crippen LogP contribution >= 0.6 is 0 Å². The van der Waals surface area contributed by atoms with E-state index in [1.807, 2.05) is 19.9 Å². The first kappa shape index (κ1) is 17.2. The van der Waals surface area contributed by atoms with Crippen LogP contribution in [0.25, 0.3) is 0 Å². The van der Waals surface area contributed by atoms with Crippen molar-refractivity contribution in [2.75, 3.05) is 5.32 Å². The van der Waals surface area contributed by atoms with E-state index in [9.17, 15) is 9.59 Å². The molecule has 1 aromatic heterocycles. The third kappa shape index (κ3) is 4.26. The molecule has 25 heavy (non-hydrogen) atoms. The van der Waals surface area contributed by atoms with Crippen molar-refractivity contribution in [3.8, 4) is 0 Å². The Morgan fingerprint density at radius 3 is 2.36 bits per heavy atom. The standard InChI is InChI=1S/C19H24N4O2/c1-13-12-14(2)23(22-13)18(24)15-8-10-17(11-9-15)21-19(25)20-16-6-4-3-5-7-16/h8-12,16H,3-7H2,1-2H3,(H2,20,21,25). The van der Waals surface area contributed by atoms with Crippen LogP contribution in [-0.2, 0) is 0 Å². The predicted octanol–water partition coefficient (Wildman–Crippen LogP) is 3.64. The summed E-state index contributed by atoms with van der Waals surface area (Å²) in [5.74, 6) is -0.177. The molecule has 0 aliphatic heterocycles. The van der Waals surface area contributed by atoms with Gasteiger partial charge in [-0.3, -0.25) is 4.79 Å². The Labute approximate surface area is 147 Å². The number of urea groups is 1. The number of rotatable bonds is 3. The van der Waals surface area contributed by atoms with Crippen molar-refractivity contribution in [1.29, 1.82) is 0 Å². The van der Waals surface area contributed by atoms with Crippen LogP contribution in [0.4, 0.5) is 10.5 Å². The van der Waals surface area contributed by atoms with Crippen molar-refractivity contribution in [3.63, 3.8) is 0 Å². The number of carbonyl (C=O) groups is 2. The zero-order chi connectivity index (χ0) is 17.8. The summed E-state index contributed by atoms with van der Waals surface area (Å²) >= 11 is 0. The van der Waals surface area contributed by atoms with E-state index in [1.54, 1.807) is 24.3 Å². The summed E-state index contributed by atoms with van der Waals surface area (Å²) < 4.78 is 1.40. The summed E-state index contributed by atoms with van der Waals surface area (Å²) in [5, 5.41) is 10.0. The van der Waals surface area contributed by atoms with E-state index in [1.165, 1.54) is 23.9 Å². The van der Waals surface area contributed by atoms with E-state index in [0.717, 1.165) is 24.2 Å². The molecule has 1 fully saturated rings. The van der Waals surface area contributed by atoms with Gasteiger partial charge in [-0.05, 0) is 57.0 Å². The Kier molecular flexibility index (Phi) is 5.16. The molecule has 2 N–H and O–H groups in total. The fraction of sp³-hybridized carbons (Fsp3) is 0.421. The molecule has 1 aliphatic rings. The molecule has 6 heteroatoms. The van der Waals surface area contributed by atoms with Crippen LogP contribution in [0.1, 0.15) is 53.8 Å². The molecule has 2 amide bonds. The second-order valence-corrected chi connectivity index (χ2v) is 6.65. The number of anilines is 1. The molecule has 1 saturated carbocycles. The van der Waals surface area contributed by atoms with Gasteiger partial charge in [-0.25, -0.2) is 9.48 Å². The van der Waals surface area contributed by atoms with Crippen molar-refractivity contribution in [3.05, 3.63) is 47.3 Å². The number of benzene rings is 1. The zero-order valence-corrected chi connectivity index (χ0v) is 14.7. The van der Waals surface area contributed by atoms with Crippen LogP contribution in [0.2, 0.25) is 0 Å². The minimum absolute atomic E-state index is 0.177. The van der Waals surface area contributed by atoms with E-state index >= 15 is 0 Å². The van der Waals surface area contributed by atoms with Gasteiger partial charge in [0.15, 0.2) is 0 Å². The number of hydrogen-bond acceptors (Lipinski definition) is 3. The van der Waals surface area contributed by atoms with Crippen molar-refractivity contribution in [2.24, 2.45) is 0 Å². The van der Waals surface area contributed by atoms with Gasteiger partial charge in [0.05, 0.1) is 5.69 Å². The summed E-state index contributed by atoms with van der Waals surface area (Å²) in [7, 11) is 0. The van der Waals surface area contributed by atoms with Gasteiger partial charge in [-0.2, -0.15) is 5.10 Å². The summed E-state index contributed by atoms with van der Waals surface area (Å²) in [4.78, 5) is 24.5. The number of hydrogen-bond donors (Lipinski definition) is 2. The Bertz CT molecular complexity index is 758. The SMILES string of the molecule is Cc1cc(C)n(C(=O)c2ccc(NC(=O)NC3CCCCC3)cc2)n1. The number of amides is 2. The van der Waals surface area contributed by atoms with Gasteiger partial charge >= 0.3 is 6.03 Å². The van der Waals surface area contributed by atoms with Crippen LogP contribution in [0, 0.1) is 13.8 Å². The fourth-order valence-electron chi connectivity index (χ4n) is 3.25. The number of nitrogens with zero attached hydrogens (tertiary/aromatic N) is 2. The van der Waals surface area contributed by atoms with Gasteiger partial charge in [-0.15, -0.1) is 0 Å². The molecular formula is C19H24N4O2. The second kappa shape index (κ2) is 7.51. The molecule has 0 radical (unpaired) electrons. The van der Waals surface area contributed by atoms with Gasteiger partial charge in [0.1, 0.15) is 0 Å². The maximum absolute atomic E-state index is 12.5. The predicted molar refractivity (Wildman–Crippen MR) is 96.9 cm³/mol. The van der Waals surface area contributed by atoms with Crippen molar-refractivity contribution >= 4 is 17.6 Å². The highest BCUT2D eigenvalue weighted by atomic mass is 16.2. The molecule has 0 bridgehead atoms. The van der Waals surface area contributed by atoms with Crippen molar-refractivity contribution in [2.45, 2.75) is 52.0 Å². The third-order valence-corrected chi connectivity index (χ3v) is 4.53. The maximum atomic E-state index is 12.5. The topological polar surface area (TPSA) is 76.0 Å². The summed E-state index contributed by atoms with van der Waals surface area (Å²) in [6.45, 7) is 3.71. The molecule has 0 spiro atoms. The lowest BCUT2D eigenvalue weighted by Gasteiger charge is -2.22. The summed E-state index contributed by atoms with van der Waals surface area (Å²) in [6, 6.07) is 8.82. The molecule has 0 saturated heterocycles. The van der Waals surface area contributed by atoms with E-state index < -0.39 is 0 Å². The molecule has 0 atom stereocenters. The highest BCUT2D eigenvalue weighted by Gasteiger charge is 2.16. The normalized spacial score (nSPS) is 15.0. The molecule has 1 aromatic carbocycles. The van der Waals surface area contributed by atoms with Crippen molar-refractivity contribution < 1.29 is 9.59 Å². The number of aromatic nitrogens is 2. The Balaban J connectivity index is 1.61. The highest BCUT2D eigenvalue weighted by Crippen LogP contribution is 2.18. The lowest BCUT2D eigenvalue weighted by atomic mass is 9.96. The van der Waals surface area contributed by atoms with Gasteiger partial charge in [0, 0.05) is 23.0 Å². The molecule has 2 aromatic rings. The smallest absolute Gasteiger partial charge is 0.319 e. The Morgan fingerprint density at radius 1 is 1.08 bits per heavy atom. The van der Waals surface area contributed by atoms with Gasteiger partial charge in [-0.1, -0.05) is 19.3 Å². The maximum Gasteiger partial charge on any atom is 0.319 e. The molecule has 1 heterocycles. The van der Waals surface area contributed by atoms with Gasteiger partial charge in [0.2, 0.25) is 0 Å². The van der Waals surface area contributed by atoms with Crippen molar-refractivity contribution in [1.82, 2.24) is 15.1 Å². The van der Waals surface area contributed by atoms with E-state index in [2.05, 4.69) is 15.7 Å². The van der Waals surface area contributed by atoms with Crippen LogP contribution in [0.3, 0.4) is 0 Å². The lowest BCUT2D eigenvalue weighted by Crippen LogP contribution is -2.39. The van der Waals surface area contributed by atoms with E-state index in [0.29, 0.717) is 11.3 Å². The molecule has 132 valence electrons. The first-order valence-corrected chi connectivity index (χ1v) is 8.78. The van der Waals surface area contributed by atoms with Gasteiger partial charge in [0.25, 0.3) is 5.91 Å². The lowest BCUT2D eigenvalue weighted by molar-refractivity contribution is 0.0942. The summed E-state index contributed by atoms with van der Waals surface area (Å²) in [6.07, 6.45) is 5.69. The average Bonchev–Trinajstić information content (AvgIpc) is 2.94. The number of carbonyl (C=O) groups excluding carboxylic acids is 2. The van der Waals surface area contributed by atoms with Crippen LogP contribution in [0.15, 0.2) is 30.3 Å². The largest absolute Gasteiger partial charge is 0.335 e. The highest BCUT2D eigenvalue weighted by molar-refractivity contribution is 5.96. The monoisotopic (exact) mass is 340 g/mol. The average molecular weight is 340 g/mol. The Hall–Kier alpha value is -2.63. The van der Waals surface area contributed by atoms with E-state index in [4.69, 9.17) is 0 Å². The Morgan fingerprint density at radius 2 is 1.76 bits per heavy atom. The van der Waals surface area contributed by atoms with Gasteiger partial charge < -0.3 is 10.6 Å². The first-order valence-electron chi connectivity index (χ1n) is 8.78. The minimum Gasteiger partial charge on any atom is -0.335 e. The first-order chi connectivity index (χ1) is 12.0. The number of nitrogens with one attached hydrogen (secondary N) is 2. The molecule has 6 nitrogen and oxygen atoms in total. The van der Waals surface area contributed by atoms with E-state index in [-0.39, 0.29) is 18.0 Å². The molecule has 1 aliphatic carbocycles. The minimum atomic E-state index is -0.190. The van der Waals surface area contributed by atoms with Crippen LogP contribution in [0.5, 0.6) is 0 Å². The zero-order valence-electron chi connectivity index (χ0n) is 14.7. The fourth-order valence-corrected chi connectivity index (χ4v) is 3.25. The second-order valence-electron chi connectivity index (χ2n) is 6.65. The molecular weight excluding hydrogens is 316 g/mol. The molecule has 3 rings (SSSR count). The number of aryl methyl sites for hydroxylation is 2. The van der Waals surface area contributed by atoms with Crippen LogP contribution < -0.4 is 10.6 Å². The summed E-state index contributed by atoms with van der Waals surface area (Å²) in [5.41, 5.74) is 2.81. The van der Waals surface area contributed by atoms with Crippen LogP contribution in [-0.4, -0.2) is 27.8 Å².